The molecule has 5 nitrogen and oxygen atoms in total. The van der Waals surface area contributed by atoms with Gasteiger partial charge in [0.05, 0.1) is 26.4 Å². The molecule has 0 saturated carbocycles. The Balaban J connectivity index is 3.78. The molecule has 0 heterocycles. The highest BCUT2D eigenvalue weighted by Gasteiger charge is 2.16. The fourth-order valence-electron chi connectivity index (χ4n) is 0.687. The quantitative estimate of drug-likeness (QED) is 0.359. The summed E-state index contributed by atoms with van der Waals surface area (Å²) in [5.74, 6) is 0.719. The lowest BCUT2D eigenvalue weighted by Crippen LogP contribution is -2.14. The predicted molar refractivity (Wildman–Crippen MR) is 63.8 cm³/mol. The Morgan fingerprint density at radius 2 is 1.69 bits per heavy atom. The first-order valence-corrected chi connectivity index (χ1v) is 6.98. The number of rotatable bonds is 11. The van der Waals surface area contributed by atoms with Crippen molar-refractivity contribution in [1.29, 1.82) is 0 Å². The van der Waals surface area contributed by atoms with Gasteiger partial charge in [-0.2, -0.15) is 0 Å². The molecule has 0 aromatic rings. The van der Waals surface area contributed by atoms with E-state index in [2.05, 4.69) is 0 Å². The zero-order valence-electron chi connectivity index (χ0n) is 9.10. The van der Waals surface area contributed by atoms with E-state index in [0.717, 1.165) is 0 Å². The van der Waals surface area contributed by atoms with Gasteiger partial charge in [-0.25, -0.2) is 0 Å². The van der Waals surface area contributed by atoms with E-state index >= 15 is 0 Å². The topological polar surface area (TPSA) is 57.2 Å². The van der Waals surface area contributed by atoms with Crippen molar-refractivity contribution in [2.24, 2.45) is 0 Å². The monoisotopic (exact) mass is 294 g/mol. The standard InChI is InChI=1S/C8H17Cl2O5P/c1-8(12-7-4-11)15-16(13-5-2-9)14-6-3-10/h8,11H,2-7H2,1H3. The number of hydrogen-bond donors (Lipinski definition) is 1. The van der Waals surface area contributed by atoms with Crippen LogP contribution in [-0.2, 0) is 18.3 Å². The van der Waals surface area contributed by atoms with Gasteiger partial charge in [-0.15, -0.1) is 23.2 Å². The van der Waals surface area contributed by atoms with Crippen LogP contribution in [0, 0.1) is 0 Å². The maximum Gasteiger partial charge on any atom is 0.335 e. The molecule has 0 aliphatic carbocycles. The first kappa shape index (κ1) is 16.8. The van der Waals surface area contributed by atoms with E-state index < -0.39 is 14.9 Å². The number of ether oxygens (including phenoxy) is 1. The van der Waals surface area contributed by atoms with Gasteiger partial charge in [0.25, 0.3) is 0 Å². The highest BCUT2D eigenvalue weighted by atomic mass is 35.5. The van der Waals surface area contributed by atoms with Gasteiger partial charge in [-0.1, -0.05) is 0 Å². The van der Waals surface area contributed by atoms with Gasteiger partial charge >= 0.3 is 8.60 Å². The Bertz CT molecular complexity index is 146. The van der Waals surface area contributed by atoms with Crippen molar-refractivity contribution in [2.45, 2.75) is 13.2 Å². The summed E-state index contributed by atoms with van der Waals surface area (Å²) in [4.78, 5) is 0. The molecule has 0 rings (SSSR count). The molecule has 8 heteroatoms. The summed E-state index contributed by atoms with van der Waals surface area (Å²) in [7, 11) is -1.50. The molecule has 0 bridgehead atoms. The molecule has 0 aliphatic rings. The van der Waals surface area contributed by atoms with Gasteiger partial charge in [0, 0.05) is 11.8 Å². The van der Waals surface area contributed by atoms with E-state index in [1.54, 1.807) is 6.92 Å². The first-order valence-electron chi connectivity index (χ1n) is 4.81. The molecule has 0 radical (unpaired) electrons. The third-order valence-corrected chi connectivity index (χ3v) is 2.79. The Morgan fingerprint density at radius 1 is 1.12 bits per heavy atom. The van der Waals surface area contributed by atoms with Crippen LogP contribution in [0.25, 0.3) is 0 Å². The van der Waals surface area contributed by atoms with Crippen molar-refractivity contribution < 1.29 is 23.4 Å². The summed E-state index contributed by atoms with van der Waals surface area (Å²) < 4.78 is 20.9. The molecule has 0 aliphatic heterocycles. The van der Waals surface area contributed by atoms with Crippen LogP contribution < -0.4 is 0 Å². The average Bonchev–Trinajstić information content (AvgIpc) is 2.30. The zero-order chi connectivity index (χ0) is 12.2. The van der Waals surface area contributed by atoms with Crippen molar-refractivity contribution >= 4 is 31.8 Å². The average molecular weight is 295 g/mol. The van der Waals surface area contributed by atoms with Gasteiger partial charge in [-0.3, -0.25) is 4.52 Å². The third kappa shape index (κ3) is 10.00. The van der Waals surface area contributed by atoms with Crippen LogP contribution >= 0.6 is 31.8 Å². The summed E-state index contributed by atoms with van der Waals surface area (Å²) >= 11 is 11.0. The van der Waals surface area contributed by atoms with Crippen molar-refractivity contribution in [3.63, 3.8) is 0 Å². The van der Waals surface area contributed by atoms with Crippen LogP contribution in [-0.4, -0.2) is 49.6 Å². The molecule has 16 heavy (non-hydrogen) atoms. The Morgan fingerprint density at radius 3 is 2.12 bits per heavy atom. The van der Waals surface area contributed by atoms with E-state index in [0.29, 0.717) is 25.0 Å². The maximum absolute atomic E-state index is 8.56. The highest BCUT2D eigenvalue weighted by molar-refractivity contribution is 7.41. The minimum Gasteiger partial charge on any atom is -0.394 e. The first-order chi connectivity index (χ1) is 7.74. The Hall–Kier alpha value is 0.810. The predicted octanol–water partition coefficient (Wildman–Crippen LogP) is 2.10. The largest absolute Gasteiger partial charge is 0.394 e. The molecule has 0 fully saturated rings. The third-order valence-electron chi connectivity index (χ3n) is 1.23. The summed E-state index contributed by atoms with van der Waals surface area (Å²) in [6.45, 7) is 2.51. The van der Waals surface area contributed by atoms with E-state index in [1.165, 1.54) is 0 Å². The molecule has 98 valence electrons. The molecular weight excluding hydrogens is 278 g/mol. The van der Waals surface area contributed by atoms with Crippen LogP contribution in [0.15, 0.2) is 0 Å². The molecule has 1 unspecified atom stereocenters. The second-order valence-corrected chi connectivity index (χ2v) is 4.47. The summed E-state index contributed by atoms with van der Waals surface area (Å²) in [5.41, 5.74) is 0. The number of aliphatic hydroxyl groups is 1. The lowest BCUT2D eigenvalue weighted by Gasteiger charge is -2.20. The molecule has 0 amide bonds. The molecule has 1 atom stereocenters. The molecular formula is C8H17Cl2O5P. The van der Waals surface area contributed by atoms with Crippen molar-refractivity contribution in [3.8, 4) is 0 Å². The van der Waals surface area contributed by atoms with Crippen molar-refractivity contribution in [2.75, 3.05) is 38.2 Å². The van der Waals surface area contributed by atoms with Crippen LogP contribution in [0.3, 0.4) is 0 Å². The minimum atomic E-state index is -1.50. The van der Waals surface area contributed by atoms with E-state index in [4.69, 9.17) is 46.6 Å². The fraction of sp³-hybridized carbons (Fsp3) is 1.00. The molecule has 0 aromatic heterocycles. The van der Waals surface area contributed by atoms with Crippen LogP contribution in [0.4, 0.5) is 0 Å². The summed E-state index contributed by atoms with van der Waals surface area (Å²) in [6.07, 6.45) is -0.510. The lowest BCUT2D eigenvalue weighted by molar-refractivity contribution is -0.0849. The van der Waals surface area contributed by atoms with E-state index in [-0.39, 0.29) is 13.2 Å². The summed E-state index contributed by atoms with van der Waals surface area (Å²) in [6, 6.07) is 0. The van der Waals surface area contributed by atoms with Crippen LogP contribution in [0.2, 0.25) is 0 Å². The van der Waals surface area contributed by atoms with E-state index in [1.807, 2.05) is 0 Å². The molecule has 0 saturated heterocycles. The second-order valence-electron chi connectivity index (χ2n) is 2.54. The van der Waals surface area contributed by atoms with Crippen LogP contribution in [0.5, 0.6) is 0 Å². The number of aliphatic hydroxyl groups excluding tert-OH is 1. The zero-order valence-corrected chi connectivity index (χ0v) is 11.5. The second kappa shape index (κ2) is 12.3. The lowest BCUT2D eigenvalue weighted by atomic mass is 10.7. The van der Waals surface area contributed by atoms with Crippen LogP contribution in [0.1, 0.15) is 6.92 Å². The smallest absolute Gasteiger partial charge is 0.335 e. The fourth-order valence-corrected chi connectivity index (χ4v) is 2.04. The normalized spacial score (nSPS) is 13.3. The van der Waals surface area contributed by atoms with Crippen molar-refractivity contribution in [3.05, 3.63) is 0 Å². The molecule has 0 aromatic carbocycles. The van der Waals surface area contributed by atoms with Gasteiger partial charge in [0.2, 0.25) is 0 Å². The Kier molecular flexibility index (Phi) is 12.9. The maximum atomic E-state index is 8.56. The minimum absolute atomic E-state index is 0.0588. The number of hydrogen-bond acceptors (Lipinski definition) is 5. The molecule has 0 spiro atoms. The van der Waals surface area contributed by atoms with Gasteiger partial charge in [0.15, 0.2) is 6.29 Å². The Labute approximate surface area is 107 Å². The van der Waals surface area contributed by atoms with Crippen molar-refractivity contribution in [1.82, 2.24) is 0 Å². The highest BCUT2D eigenvalue weighted by Crippen LogP contribution is 2.41. The number of alkyl halides is 2. The SMILES string of the molecule is CC(OCCO)OP(OCCCl)OCCCl. The summed E-state index contributed by atoms with van der Waals surface area (Å²) in [5, 5.41) is 8.56. The molecule has 1 N–H and O–H groups in total. The van der Waals surface area contributed by atoms with Gasteiger partial charge in [0.1, 0.15) is 0 Å². The van der Waals surface area contributed by atoms with E-state index in [9.17, 15) is 0 Å². The van der Waals surface area contributed by atoms with Gasteiger partial charge in [-0.05, 0) is 6.92 Å². The van der Waals surface area contributed by atoms with Gasteiger partial charge < -0.3 is 18.9 Å². The number of halogens is 2.